The number of hydrogen-bond donors (Lipinski definition) is 0. The number of rotatable bonds is 4. The number of hydrogen-bond acceptors (Lipinski definition) is 3. The van der Waals surface area contributed by atoms with Crippen LogP contribution in [0, 0.1) is 6.92 Å². The minimum Gasteiger partial charge on any atom is -0.336 e. The zero-order valence-corrected chi connectivity index (χ0v) is 14.8. The number of para-hydroxylation sites is 1. The maximum absolute atomic E-state index is 13.1. The molecule has 1 saturated heterocycles. The van der Waals surface area contributed by atoms with E-state index in [0.717, 1.165) is 61.7 Å². The van der Waals surface area contributed by atoms with Crippen LogP contribution in [0.4, 0.5) is 0 Å². The Hall–Kier alpha value is -2.14. The van der Waals surface area contributed by atoms with E-state index in [4.69, 9.17) is 5.10 Å². The first-order chi connectivity index (χ1) is 11.6. The number of benzene rings is 1. The molecule has 1 aromatic carbocycles. The number of nitrogens with zero attached hydrogens (tertiary/aromatic N) is 4. The van der Waals surface area contributed by atoms with E-state index < -0.39 is 0 Å². The molecule has 0 saturated carbocycles. The van der Waals surface area contributed by atoms with Gasteiger partial charge < -0.3 is 9.80 Å². The molecule has 0 N–H and O–H groups in total. The second kappa shape index (κ2) is 7.18. The molecule has 0 atom stereocenters. The van der Waals surface area contributed by atoms with Crippen LogP contribution in [0.5, 0.6) is 0 Å². The molecule has 1 aliphatic rings. The first-order valence-electron chi connectivity index (χ1n) is 8.73. The third-order valence-corrected chi connectivity index (χ3v) is 4.68. The van der Waals surface area contributed by atoms with Gasteiger partial charge in [0.1, 0.15) is 0 Å². The fourth-order valence-electron chi connectivity index (χ4n) is 3.24. The second-order valence-corrected chi connectivity index (χ2v) is 6.50. The van der Waals surface area contributed by atoms with E-state index in [1.807, 2.05) is 46.8 Å². The third kappa shape index (κ3) is 3.22. The van der Waals surface area contributed by atoms with E-state index in [9.17, 15) is 4.79 Å². The zero-order chi connectivity index (χ0) is 17.1. The molecule has 3 rings (SSSR count). The summed E-state index contributed by atoms with van der Waals surface area (Å²) < 4.78 is 1.91. The monoisotopic (exact) mass is 326 g/mol. The van der Waals surface area contributed by atoms with Crippen molar-refractivity contribution in [1.82, 2.24) is 19.6 Å². The van der Waals surface area contributed by atoms with Crippen LogP contribution < -0.4 is 0 Å². The van der Waals surface area contributed by atoms with Crippen molar-refractivity contribution in [3.63, 3.8) is 0 Å². The van der Waals surface area contributed by atoms with Gasteiger partial charge in [0.05, 0.1) is 22.6 Å². The van der Waals surface area contributed by atoms with Gasteiger partial charge in [-0.1, -0.05) is 31.5 Å². The molecule has 0 aliphatic carbocycles. The molecule has 1 fully saturated rings. The van der Waals surface area contributed by atoms with E-state index in [2.05, 4.69) is 18.9 Å². The summed E-state index contributed by atoms with van der Waals surface area (Å²) in [5.74, 6) is 0.131. The van der Waals surface area contributed by atoms with E-state index in [1.54, 1.807) is 0 Å². The summed E-state index contributed by atoms with van der Waals surface area (Å²) in [6, 6.07) is 10.0. The van der Waals surface area contributed by atoms with Crippen molar-refractivity contribution in [2.75, 3.05) is 33.2 Å². The number of aryl methyl sites for hydroxylation is 1. The van der Waals surface area contributed by atoms with Gasteiger partial charge in [0.2, 0.25) is 0 Å². The average molecular weight is 326 g/mol. The van der Waals surface area contributed by atoms with Crippen molar-refractivity contribution in [2.45, 2.75) is 26.7 Å². The molecule has 2 aromatic rings. The van der Waals surface area contributed by atoms with Crippen LogP contribution in [0.3, 0.4) is 0 Å². The first-order valence-corrected chi connectivity index (χ1v) is 8.73. The Morgan fingerprint density at radius 2 is 1.79 bits per heavy atom. The summed E-state index contributed by atoms with van der Waals surface area (Å²) in [5, 5.41) is 4.76. The summed E-state index contributed by atoms with van der Waals surface area (Å²) in [6.45, 7) is 7.57. The molecule has 24 heavy (non-hydrogen) atoms. The van der Waals surface area contributed by atoms with Crippen LogP contribution >= 0.6 is 0 Å². The summed E-state index contributed by atoms with van der Waals surface area (Å²) in [7, 11) is 2.10. The first kappa shape index (κ1) is 16.7. The van der Waals surface area contributed by atoms with Crippen LogP contribution in [0.25, 0.3) is 5.69 Å². The topological polar surface area (TPSA) is 41.4 Å². The van der Waals surface area contributed by atoms with E-state index in [1.165, 1.54) is 0 Å². The number of likely N-dealkylation sites (N-methyl/N-ethyl adjacent to an activating group) is 1. The molecule has 1 aromatic heterocycles. The molecule has 2 heterocycles. The van der Waals surface area contributed by atoms with E-state index >= 15 is 0 Å². The molecule has 128 valence electrons. The molecule has 5 heteroatoms. The van der Waals surface area contributed by atoms with Gasteiger partial charge in [0.25, 0.3) is 5.91 Å². The number of amides is 1. The SMILES string of the molecule is CCCc1nn(-c2ccccc2)c(C)c1C(=O)N1CCN(C)CC1. The molecular formula is C19H26N4O. The van der Waals surface area contributed by atoms with Crippen LogP contribution in [-0.4, -0.2) is 58.7 Å². The Morgan fingerprint density at radius 3 is 2.42 bits per heavy atom. The quantitative estimate of drug-likeness (QED) is 0.867. The minimum atomic E-state index is 0.131. The van der Waals surface area contributed by atoms with Gasteiger partial charge in [-0.25, -0.2) is 4.68 Å². The summed E-state index contributed by atoms with van der Waals surface area (Å²) in [5.41, 5.74) is 3.66. The van der Waals surface area contributed by atoms with Crippen molar-refractivity contribution < 1.29 is 4.79 Å². The van der Waals surface area contributed by atoms with Gasteiger partial charge in [0, 0.05) is 26.2 Å². The highest BCUT2D eigenvalue weighted by molar-refractivity contribution is 5.96. The Bertz CT molecular complexity index is 700. The molecule has 1 aliphatic heterocycles. The standard InChI is InChI=1S/C19H26N4O/c1-4-8-17-18(19(24)22-13-11-21(3)12-14-22)15(2)23(20-17)16-9-6-5-7-10-16/h5-7,9-10H,4,8,11-14H2,1-3H3. The van der Waals surface area contributed by atoms with Crippen LogP contribution in [0.2, 0.25) is 0 Å². The van der Waals surface area contributed by atoms with Crippen molar-refractivity contribution in [3.8, 4) is 5.69 Å². The normalized spacial score (nSPS) is 15.7. The fourth-order valence-corrected chi connectivity index (χ4v) is 3.24. The Kier molecular flexibility index (Phi) is 5.00. The molecule has 0 unspecified atom stereocenters. The van der Waals surface area contributed by atoms with Crippen LogP contribution in [-0.2, 0) is 6.42 Å². The van der Waals surface area contributed by atoms with Crippen LogP contribution in [0.15, 0.2) is 30.3 Å². The van der Waals surface area contributed by atoms with Gasteiger partial charge in [-0.05, 0) is 32.5 Å². The van der Waals surface area contributed by atoms with Gasteiger partial charge in [-0.3, -0.25) is 4.79 Å². The molecule has 0 radical (unpaired) electrons. The smallest absolute Gasteiger partial charge is 0.257 e. The Morgan fingerprint density at radius 1 is 1.12 bits per heavy atom. The lowest BCUT2D eigenvalue weighted by molar-refractivity contribution is 0.0662. The van der Waals surface area contributed by atoms with E-state index in [-0.39, 0.29) is 5.91 Å². The number of aromatic nitrogens is 2. The molecule has 5 nitrogen and oxygen atoms in total. The molecule has 1 amide bonds. The lowest BCUT2D eigenvalue weighted by Crippen LogP contribution is -2.47. The number of piperazine rings is 1. The highest BCUT2D eigenvalue weighted by atomic mass is 16.2. The van der Waals surface area contributed by atoms with Gasteiger partial charge >= 0.3 is 0 Å². The highest BCUT2D eigenvalue weighted by Gasteiger charge is 2.27. The average Bonchev–Trinajstić information content (AvgIpc) is 2.92. The van der Waals surface area contributed by atoms with Gasteiger partial charge in [-0.2, -0.15) is 5.10 Å². The third-order valence-electron chi connectivity index (χ3n) is 4.68. The van der Waals surface area contributed by atoms with E-state index in [0.29, 0.717) is 0 Å². The second-order valence-electron chi connectivity index (χ2n) is 6.50. The van der Waals surface area contributed by atoms with Crippen molar-refractivity contribution in [3.05, 3.63) is 47.3 Å². The molecule has 0 spiro atoms. The largest absolute Gasteiger partial charge is 0.336 e. The molecule has 0 bridgehead atoms. The Balaban J connectivity index is 1.97. The predicted molar refractivity (Wildman–Crippen MR) is 95.7 cm³/mol. The minimum absolute atomic E-state index is 0.131. The van der Waals surface area contributed by atoms with Crippen molar-refractivity contribution in [1.29, 1.82) is 0 Å². The van der Waals surface area contributed by atoms with Crippen molar-refractivity contribution in [2.24, 2.45) is 0 Å². The van der Waals surface area contributed by atoms with Gasteiger partial charge in [0.15, 0.2) is 0 Å². The fraction of sp³-hybridized carbons (Fsp3) is 0.474. The van der Waals surface area contributed by atoms with Crippen LogP contribution in [0.1, 0.15) is 35.1 Å². The summed E-state index contributed by atoms with van der Waals surface area (Å²) >= 11 is 0. The number of carbonyl (C=O) groups is 1. The lowest BCUT2D eigenvalue weighted by atomic mass is 10.1. The summed E-state index contributed by atoms with van der Waals surface area (Å²) in [4.78, 5) is 17.4. The highest BCUT2D eigenvalue weighted by Crippen LogP contribution is 2.22. The predicted octanol–water partition coefficient (Wildman–Crippen LogP) is 2.52. The maximum atomic E-state index is 13.1. The summed E-state index contributed by atoms with van der Waals surface area (Å²) in [6.07, 6.45) is 1.81. The lowest BCUT2D eigenvalue weighted by Gasteiger charge is -2.32. The maximum Gasteiger partial charge on any atom is 0.257 e. The molecular weight excluding hydrogens is 300 g/mol. The van der Waals surface area contributed by atoms with Crippen molar-refractivity contribution >= 4 is 5.91 Å². The zero-order valence-electron chi connectivity index (χ0n) is 14.8. The number of carbonyl (C=O) groups excluding carboxylic acids is 1. The van der Waals surface area contributed by atoms with Gasteiger partial charge in [-0.15, -0.1) is 0 Å². The Labute approximate surface area is 143 Å².